The van der Waals surface area contributed by atoms with Crippen LogP contribution in [0.4, 0.5) is 0 Å². The number of esters is 2. The number of hydrogen-bond donors (Lipinski definition) is 1. The van der Waals surface area contributed by atoms with Crippen molar-refractivity contribution in [1.82, 2.24) is 4.90 Å². The van der Waals surface area contributed by atoms with Crippen LogP contribution in [0.25, 0.3) is 0 Å². The second-order valence-corrected chi connectivity index (χ2v) is 21.7. The number of ether oxygens (including phenoxy) is 8. The molecule has 0 aliphatic carbocycles. The van der Waals surface area contributed by atoms with E-state index in [-0.39, 0.29) is 43.3 Å². The first kappa shape index (κ1) is 75.1. The van der Waals surface area contributed by atoms with Gasteiger partial charge in [0.2, 0.25) is 0 Å². The molecule has 0 spiro atoms. The van der Waals surface area contributed by atoms with E-state index < -0.39 is 6.10 Å². The predicted molar refractivity (Wildman–Crippen MR) is 316 cm³/mol. The maximum atomic E-state index is 14.4. The lowest BCUT2D eigenvalue weighted by Gasteiger charge is -2.28. The van der Waals surface area contributed by atoms with Crippen LogP contribution in [0.1, 0.15) is 285 Å². The van der Waals surface area contributed by atoms with Crippen molar-refractivity contribution in [3.05, 3.63) is 0 Å². The second kappa shape index (κ2) is 61.7. The van der Waals surface area contributed by atoms with Gasteiger partial charge in [-0.25, -0.2) is 0 Å². The lowest BCUT2D eigenvalue weighted by molar-refractivity contribution is -0.151. The van der Waals surface area contributed by atoms with Gasteiger partial charge in [0.25, 0.3) is 5.91 Å². The first-order valence-corrected chi connectivity index (χ1v) is 32.6. The van der Waals surface area contributed by atoms with Crippen LogP contribution in [0, 0.1) is 0 Å². The number of unbranched alkanes of at least 4 members (excludes halogenated alkanes) is 26. The van der Waals surface area contributed by atoms with E-state index in [1.54, 1.807) is 0 Å². The van der Waals surface area contributed by atoms with Gasteiger partial charge < -0.3 is 47.9 Å². The Morgan fingerprint density at radius 1 is 0.351 bits per heavy atom. The number of hydrogen-bond acceptors (Lipinski definition) is 12. The molecule has 13 nitrogen and oxygen atoms in total. The van der Waals surface area contributed by atoms with E-state index in [0.717, 1.165) is 109 Å². The first-order valence-electron chi connectivity index (χ1n) is 32.6. The van der Waals surface area contributed by atoms with Gasteiger partial charge in [0.1, 0.15) is 12.2 Å². The zero-order valence-corrected chi connectivity index (χ0v) is 51.1. The lowest BCUT2D eigenvalue weighted by Crippen LogP contribution is -2.45. The molecule has 0 rings (SSSR count). The number of aliphatic hydroxyl groups excluding tert-OH is 1. The molecule has 1 amide bonds. The molecule has 0 saturated carbocycles. The van der Waals surface area contributed by atoms with Gasteiger partial charge in [0, 0.05) is 39.1 Å². The number of amides is 1. The Balaban J connectivity index is 5.46. The largest absolute Gasteiger partial charge is 0.462 e. The maximum Gasteiger partial charge on any atom is 0.306 e. The normalized spacial score (nSPS) is 12.4. The monoisotopic (exact) mass is 1100 g/mol. The molecule has 77 heavy (non-hydrogen) atoms. The molecule has 0 heterocycles. The van der Waals surface area contributed by atoms with Gasteiger partial charge in [0.15, 0.2) is 6.10 Å². The van der Waals surface area contributed by atoms with E-state index >= 15 is 0 Å². The van der Waals surface area contributed by atoms with Crippen molar-refractivity contribution in [1.29, 1.82) is 0 Å². The molecule has 2 unspecified atom stereocenters. The van der Waals surface area contributed by atoms with E-state index in [9.17, 15) is 14.4 Å². The topological polar surface area (TPSA) is 149 Å². The van der Waals surface area contributed by atoms with E-state index in [2.05, 4.69) is 34.6 Å². The Morgan fingerprint density at radius 3 is 1.13 bits per heavy atom. The van der Waals surface area contributed by atoms with Crippen LogP contribution in [0.15, 0.2) is 0 Å². The number of rotatable bonds is 64. The summed E-state index contributed by atoms with van der Waals surface area (Å²) >= 11 is 0. The highest BCUT2D eigenvalue weighted by atomic mass is 16.6. The zero-order chi connectivity index (χ0) is 56.2. The van der Waals surface area contributed by atoms with Gasteiger partial charge in [-0.1, -0.05) is 189 Å². The molecule has 13 heteroatoms. The van der Waals surface area contributed by atoms with Crippen LogP contribution in [0.5, 0.6) is 0 Å². The zero-order valence-electron chi connectivity index (χ0n) is 51.1. The maximum absolute atomic E-state index is 14.4. The van der Waals surface area contributed by atoms with Gasteiger partial charge in [-0.15, -0.1) is 0 Å². The van der Waals surface area contributed by atoms with Crippen LogP contribution in [0.3, 0.4) is 0 Å². The fourth-order valence-electron chi connectivity index (χ4n) is 9.52. The average Bonchev–Trinajstić information content (AvgIpc) is 3.42. The fraction of sp³-hybridized carbons (Fsp3) is 0.953. The summed E-state index contributed by atoms with van der Waals surface area (Å²) in [5, 5.41) is 8.82. The van der Waals surface area contributed by atoms with Gasteiger partial charge >= 0.3 is 11.9 Å². The summed E-state index contributed by atoms with van der Waals surface area (Å²) in [5.74, 6) is -0.260. The molecule has 0 aliphatic heterocycles. The third-order valence-electron chi connectivity index (χ3n) is 14.4. The second-order valence-electron chi connectivity index (χ2n) is 21.7. The Morgan fingerprint density at radius 2 is 0.701 bits per heavy atom. The van der Waals surface area contributed by atoms with E-state index in [1.807, 2.05) is 4.90 Å². The highest BCUT2D eigenvalue weighted by Crippen LogP contribution is 2.20. The van der Waals surface area contributed by atoms with Crippen LogP contribution < -0.4 is 0 Å². The molecule has 0 bridgehead atoms. The standard InChI is InChI=1S/C64H125NO12/c1-6-11-16-21-25-32-41-60(42-33-26-22-17-12-7-2)77-63(68)44-35-29-38-49-75-61(58-74-48-37-28-34-43-62(67)76-59(39-30-20-15-10-5)40-31-24-19-14-9-4)64(69)65(45-36-27-23-18-13-8-3)46-50-70-52-54-72-56-57-73-55-53-71-51-47-66/h59-61,66H,6-58H2,1-5H3. The highest BCUT2D eigenvalue weighted by Gasteiger charge is 2.26. The molecular formula is C64H125NO12. The first-order chi connectivity index (χ1) is 37.9. The highest BCUT2D eigenvalue weighted by molar-refractivity contribution is 5.81. The molecule has 2 atom stereocenters. The van der Waals surface area contributed by atoms with Crippen molar-refractivity contribution >= 4 is 17.8 Å². The van der Waals surface area contributed by atoms with Crippen molar-refractivity contribution in [3.8, 4) is 0 Å². The number of carbonyl (C=O) groups is 3. The summed E-state index contributed by atoms with van der Waals surface area (Å²) in [7, 11) is 0. The summed E-state index contributed by atoms with van der Waals surface area (Å²) in [6, 6.07) is 0. The van der Waals surface area contributed by atoms with Crippen molar-refractivity contribution in [3.63, 3.8) is 0 Å². The lowest BCUT2D eigenvalue weighted by atomic mass is 10.0. The van der Waals surface area contributed by atoms with Crippen molar-refractivity contribution in [2.24, 2.45) is 0 Å². The number of nitrogens with zero attached hydrogens (tertiary/aromatic N) is 1. The molecule has 0 aromatic heterocycles. The molecule has 0 aromatic carbocycles. The van der Waals surface area contributed by atoms with Gasteiger partial charge in [-0.2, -0.15) is 0 Å². The summed E-state index contributed by atoms with van der Waals surface area (Å²) < 4.78 is 47.1. The summed E-state index contributed by atoms with van der Waals surface area (Å²) in [6.45, 7) is 16.6. The minimum absolute atomic E-state index is 0.000276. The quantitative estimate of drug-likeness (QED) is 0.0456. The molecule has 458 valence electrons. The van der Waals surface area contributed by atoms with Gasteiger partial charge in [-0.05, 0) is 83.5 Å². The van der Waals surface area contributed by atoms with E-state index in [0.29, 0.717) is 92.0 Å². The Kier molecular flexibility index (Phi) is 60.2. The molecule has 1 N–H and O–H groups in total. The van der Waals surface area contributed by atoms with E-state index in [4.69, 9.17) is 43.0 Å². The van der Waals surface area contributed by atoms with E-state index in [1.165, 1.54) is 128 Å². The fourth-order valence-corrected chi connectivity index (χ4v) is 9.52. The minimum Gasteiger partial charge on any atom is -0.462 e. The van der Waals surface area contributed by atoms with Crippen LogP contribution in [-0.2, 0) is 52.3 Å². The summed E-state index contributed by atoms with van der Waals surface area (Å²) in [4.78, 5) is 42.4. The number of aliphatic hydroxyl groups is 1. The summed E-state index contributed by atoms with van der Waals surface area (Å²) in [5.41, 5.74) is 0. The SMILES string of the molecule is CCCCCCCCC(CCCCCCCC)OC(=O)CCCCCOC(COCCCCCC(=O)OC(CCCCCC)CCCCCCC)C(=O)N(CCCCCCCC)CCOCCOCCOCCOCCO. The Bertz CT molecular complexity index is 1210. The minimum atomic E-state index is -0.756. The van der Waals surface area contributed by atoms with Crippen LogP contribution in [-0.4, -0.2) is 139 Å². The smallest absolute Gasteiger partial charge is 0.306 e. The Labute approximate surface area is 474 Å². The molecule has 0 fully saturated rings. The van der Waals surface area contributed by atoms with Crippen LogP contribution >= 0.6 is 0 Å². The third-order valence-corrected chi connectivity index (χ3v) is 14.4. The van der Waals surface area contributed by atoms with Crippen LogP contribution in [0.2, 0.25) is 0 Å². The molecular weight excluding hydrogens is 975 g/mol. The van der Waals surface area contributed by atoms with Gasteiger partial charge in [-0.3, -0.25) is 14.4 Å². The van der Waals surface area contributed by atoms with Gasteiger partial charge in [0.05, 0.1) is 66.1 Å². The molecule has 0 aromatic rings. The number of carbonyl (C=O) groups excluding carboxylic acids is 3. The Hall–Kier alpha value is -1.87. The molecule has 0 aliphatic rings. The average molecular weight is 1100 g/mol. The third kappa shape index (κ3) is 53.2. The molecule has 0 radical (unpaired) electrons. The van der Waals surface area contributed by atoms with Crippen molar-refractivity contribution in [2.75, 3.05) is 92.4 Å². The molecule has 0 saturated heterocycles. The predicted octanol–water partition coefficient (Wildman–Crippen LogP) is 15.4. The van der Waals surface area contributed by atoms with Crippen molar-refractivity contribution < 1.29 is 57.4 Å². The van der Waals surface area contributed by atoms with Crippen molar-refractivity contribution in [2.45, 2.75) is 303 Å². The summed E-state index contributed by atoms with van der Waals surface area (Å²) in [6.07, 6.45) is 40.9.